The van der Waals surface area contributed by atoms with E-state index in [2.05, 4.69) is 25.1 Å². The van der Waals surface area contributed by atoms with Crippen LogP contribution in [0.3, 0.4) is 0 Å². The van der Waals surface area contributed by atoms with Crippen LogP contribution >= 0.6 is 11.3 Å². The van der Waals surface area contributed by atoms with Crippen molar-refractivity contribution in [2.75, 3.05) is 31.1 Å². The normalized spacial score (nSPS) is 15.8. The number of hydrogen-bond donors (Lipinski definition) is 0. The van der Waals surface area contributed by atoms with Crippen molar-refractivity contribution in [3.63, 3.8) is 0 Å². The summed E-state index contributed by atoms with van der Waals surface area (Å²) in [6.07, 6.45) is 1.82. The van der Waals surface area contributed by atoms with E-state index in [-0.39, 0.29) is 0 Å². The van der Waals surface area contributed by atoms with Gasteiger partial charge in [0.1, 0.15) is 0 Å². The molecule has 0 atom stereocenters. The summed E-state index contributed by atoms with van der Waals surface area (Å²) in [6, 6.07) is 10.1. The Kier molecular flexibility index (Phi) is 4.32. The second-order valence-electron chi connectivity index (χ2n) is 6.02. The van der Waals surface area contributed by atoms with Gasteiger partial charge in [0.15, 0.2) is 10.9 Å². The molecule has 0 amide bonds. The fourth-order valence-electron chi connectivity index (χ4n) is 2.89. The van der Waals surface area contributed by atoms with Crippen LogP contribution < -0.4 is 4.90 Å². The van der Waals surface area contributed by atoms with Crippen LogP contribution in [0.2, 0.25) is 0 Å². The highest BCUT2D eigenvalue weighted by molar-refractivity contribution is 7.13. The molecule has 124 valence electrons. The topological polar surface area (TPSA) is 45.4 Å². The zero-order valence-corrected chi connectivity index (χ0v) is 14.5. The summed E-state index contributed by atoms with van der Waals surface area (Å²) in [4.78, 5) is 13.8. The largest absolute Gasteiger partial charge is 0.439 e. The number of nitrogens with zero attached hydrogens (tertiary/aromatic N) is 4. The number of aromatic nitrogens is 2. The molecule has 4 rings (SSSR count). The van der Waals surface area contributed by atoms with Crippen molar-refractivity contribution in [2.45, 2.75) is 13.5 Å². The smallest absolute Gasteiger partial charge is 0.209 e. The minimum atomic E-state index is 0.761. The van der Waals surface area contributed by atoms with Gasteiger partial charge < -0.3 is 9.32 Å². The van der Waals surface area contributed by atoms with E-state index in [0.29, 0.717) is 0 Å². The summed E-state index contributed by atoms with van der Waals surface area (Å²) < 4.78 is 5.91. The third-order valence-corrected chi connectivity index (χ3v) is 5.24. The predicted octanol–water partition coefficient (Wildman–Crippen LogP) is 3.43. The van der Waals surface area contributed by atoms with Crippen molar-refractivity contribution < 1.29 is 4.42 Å². The van der Waals surface area contributed by atoms with Crippen molar-refractivity contribution in [1.29, 1.82) is 0 Å². The van der Waals surface area contributed by atoms with E-state index in [1.807, 2.05) is 43.5 Å². The molecule has 0 N–H and O–H groups in total. The maximum absolute atomic E-state index is 5.91. The lowest BCUT2D eigenvalue weighted by atomic mass is 10.2. The maximum atomic E-state index is 5.91. The fourth-order valence-corrected chi connectivity index (χ4v) is 3.75. The van der Waals surface area contributed by atoms with E-state index in [9.17, 15) is 0 Å². The zero-order valence-electron chi connectivity index (χ0n) is 13.7. The quantitative estimate of drug-likeness (QED) is 0.728. The van der Waals surface area contributed by atoms with E-state index in [1.165, 1.54) is 0 Å². The molecule has 1 fully saturated rings. The Morgan fingerprint density at radius 2 is 1.92 bits per heavy atom. The van der Waals surface area contributed by atoms with Gasteiger partial charge in [-0.25, -0.2) is 9.97 Å². The molecule has 0 saturated carbocycles. The van der Waals surface area contributed by atoms with Crippen molar-refractivity contribution in [3.8, 4) is 11.3 Å². The number of anilines is 1. The molecule has 1 aliphatic heterocycles. The van der Waals surface area contributed by atoms with Crippen molar-refractivity contribution in [1.82, 2.24) is 14.9 Å². The Hall–Kier alpha value is -2.18. The first-order valence-corrected chi connectivity index (χ1v) is 9.05. The summed E-state index contributed by atoms with van der Waals surface area (Å²) >= 11 is 1.73. The molecule has 2 aromatic heterocycles. The summed E-state index contributed by atoms with van der Waals surface area (Å²) in [5.74, 6) is 1.62. The first-order valence-electron chi connectivity index (χ1n) is 8.17. The third kappa shape index (κ3) is 3.34. The Bertz CT molecular complexity index is 790. The molecule has 0 aliphatic carbocycles. The second-order valence-corrected chi connectivity index (χ2v) is 6.86. The van der Waals surface area contributed by atoms with Crippen LogP contribution in [0.15, 0.2) is 46.3 Å². The van der Waals surface area contributed by atoms with Gasteiger partial charge in [0.25, 0.3) is 0 Å². The minimum absolute atomic E-state index is 0.761. The number of hydrogen-bond acceptors (Lipinski definition) is 6. The minimum Gasteiger partial charge on any atom is -0.439 e. The molecular weight excluding hydrogens is 320 g/mol. The highest BCUT2D eigenvalue weighted by Gasteiger charge is 2.20. The SMILES string of the molecule is Cc1csc(N2CCN(Cc3ncc(-c4ccccc4)o3)CC2)n1. The van der Waals surface area contributed by atoms with Crippen molar-refractivity contribution in [2.24, 2.45) is 0 Å². The molecule has 1 aliphatic rings. The average molecular weight is 340 g/mol. The molecule has 24 heavy (non-hydrogen) atoms. The van der Waals surface area contributed by atoms with Gasteiger partial charge in [0, 0.05) is 37.1 Å². The van der Waals surface area contributed by atoms with Crippen molar-refractivity contribution in [3.05, 3.63) is 53.5 Å². The number of piperazine rings is 1. The second kappa shape index (κ2) is 6.75. The van der Waals surface area contributed by atoms with Crippen LogP contribution in [0.25, 0.3) is 11.3 Å². The standard InChI is InChI=1S/C18H20N4OS/c1-14-13-24-18(20-14)22-9-7-21(8-10-22)12-17-19-11-16(23-17)15-5-3-2-4-6-15/h2-6,11,13H,7-10,12H2,1H3. The van der Waals surface area contributed by atoms with Gasteiger partial charge >= 0.3 is 0 Å². The summed E-state index contributed by atoms with van der Waals surface area (Å²) in [7, 11) is 0. The van der Waals surface area contributed by atoms with Crippen LogP contribution in [-0.2, 0) is 6.54 Å². The summed E-state index contributed by atoms with van der Waals surface area (Å²) in [6.45, 7) is 6.81. The lowest BCUT2D eigenvalue weighted by Crippen LogP contribution is -2.46. The first-order chi connectivity index (χ1) is 11.8. The van der Waals surface area contributed by atoms with Gasteiger partial charge in [0.05, 0.1) is 18.4 Å². The molecule has 1 saturated heterocycles. The van der Waals surface area contributed by atoms with E-state index in [4.69, 9.17) is 4.42 Å². The molecule has 3 heterocycles. The fraction of sp³-hybridized carbons (Fsp3) is 0.333. The van der Waals surface area contributed by atoms with Gasteiger partial charge in [-0.2, -0.15) is 0 Å². The molecular formula is C18H20N4OS. The van der Waals surface area contributed by atoms with E-state index >= 15 is 0 Å². The van der Waals surface area contributed by atoms with E-state index in [1.54, 1.807) is 11.3 Å². The van der Waals surface area contributed by atoms with E-state index < -0.39 is 0 Å². The maximum Gasteiger partial charge on any atom is 0.209 e. The molecule has 6 heteroatoms. The van der Waals surface area contributed by atoms with Gasteiger partial charge in [-0.3, -0.25) is 4.90 Å². The first kappa shape index (κ1) is 15.4. The Labute approximate surface area is 145 Å². The van der Waals surface area contributed by atoms with Gasteiger partial charge in [-0.15, -0.1) is 11.3 Å². The summed E-state index contributed by atoms with van der Waals surface area (Å²) in [5, 5.41) is 3.24. The van der Waals surface area contributed by atoms with Gasteiger partial charge in [-0.1, -0.05) is 30.3 Å². The van der Waals surface area contributed by atoms with Crippen LogP contribution in [0.5, 0.6) is 0 Å². The third-order valence-electron chi connectivity index (χ3n) is 4.22. The van der Waals surface area contributed by atoms with Crippen LogP contribution in [-0.4, -0.2) is 41.0 Å². The highest BCUT2D eigenvalue weighted by atomic mass is 32.1. The summed E-state index contributed by atoms with van der Waals surface area (Å²) in [5.41, 5.74) is 2.17. The molecule has 5 nitrogen and oxygen atoms in total. The Morgan fingerprint density at radius 3 is 2.62 bits per heavy atom. The Morgan fingerprint density at radius 1 is 1.12 bits per heavy atom. The van der Waals surface area contributed by atoms with E-state index in [0.717, 1.165) is 60.8 Å². The lowest BCUT2D eigenvalue weighted by molar-refractivity contribution is 0.227. The number of benzene rings is 1. The molecule has 0 unspecified atom stereocenters. The van der Waals surface area contributed by atoms with Crippen molar-refractivity contribution >= 4 is 16.5 Å². The number of thiazole rings is 1. The molecule has 1 aromatic carbocycles. The van der Waals surface area contributed by atoms with Gasteiger partial charge in [0.2, 0.25) is 5.89 Å². The van der Waals surface area contributed by atoms with Crippen LogP contribution in [0.1, 0.15) is 11.6 Å². The van der Waals surface area contributed by atoms with Crippen LogP contribution in [0.4, 0.5) is 5.13 Å². The monoisotopic (exact) mass is 340 g/mol. The van der Waals surface area contributed by atoms with Crippen LogP contribution in [0, 0.1) is 6.92 Å². The average Bonchev–Trinajstić information content (AvgIpc) is 3.26. The molecule has 3 aromatic rings. The molecule has 0 radical (unpaired) electrons. The van der Waals surface area contributed by atoms with Gasteiger partial charge in [-0.05, 0) is 6.92 Å². The number of rotatable bonds is 4. The zero-order chi connectivity index (χ0) is 16.4. The molecule has 0 bridgehead atoms. The lowest BCUT2D eigenvalue weighted by Gasteiger charge is -2.33. The number of oxazole rings is 1. The molecule has 0 spiro atoms. The number of aryl methyl sites for hydroxylation is 1. The predicted molar refractivity (Wildman–Crippen MR) is 96.3 cm³/mol. The Balaban J connectivity index is 1.35. The highest BCUT2D eigenvalue weighted by Crippen LogP contribution is 2.23.